The van der Waals surface area contributed by atoms with E-state index in [1.54, 1.807) is 7.05 Å². The number of hydrogen-bond acceptors (Lipinski definition) is 2. The molecule has 0 spiro atoms. The van der Waals surface area contributed by atoms with E-state index in [9.17, 15) is 0 Å². The van der Waals surface area contributed by atoms with Crippen LogP contribution in [0.3, 0.4) is 0 Å². The molecular weight excluding hydrogens is 90.1 g/mol. The van der Waals surface area contributed by atoms with Gasteiger partial charge in [0.15, 0.2) is 0 Å². The first-order valence-corrected chi connectivity index (χ1v) is 2.34. The minimum absolute atomic E-state index is 0.788. The molecule has 3 heteroatoms. The average Bonchev–Trinajstić information content (AvgIpc) is 1.61. The van der Waals surface area contributed by atoms with Crippen molar-refractivity contribution in [3.05, 3.63) is 5.84 Å². The van der Waals surface area contributed by atoms with Gasteiger partial charge in [0.1, 0.15) is 0 Å². The van der Waals surface area contributed by atoms with Gasteiger partial charge in [-0.25, -0.2) is 0 Å². The molecule has 0 saturated heterocycles. The van der Waals surface area contributed by atoms with E-state index in [0.29, 0.717) is 0 Å². The van der Waals surface area contributed by atoms with Gasteiger partial charge in [0.2, 0.25) is 0 Å². The summed E-state index contributed by atoms with van der Waals surface area (Å²) < 4.78 is 0. The van der Waals surface area contributed by atoms with Gasteiger partial charge in [-0.05, 0) is 20.6 Å². The van der Waals surface area contributed by atoms with Gasteiger partial charge < -0.3 is 16.2 Å². The van der Waals surface area contributed by atoms with Gasteiger partial charge >= 0.3 is 0 Å². The third kappa shape index (κ3) is 5.88. The Balaban J connectivity index is 2.68. The summed E-state index contributed by atoms with van der Waals surface area (Å²) in [6.45, 7) is 1.68. The van der Waals surface area contributed by atoms with Crippen molar-refractivity contribution in [2.24, 2.45) is 0 Å². The SMILES string of the molecule is CNCCN(C)[NH-]. The molecule has 0 rings (SSSR count). The van der Waals surface area contributed by atoms with Crippen molar-refractivity contribution in [3.63, 3.8) is 0 Å². The second kappa shape index (κ2) is 4.05. The van der Waals surface area contributed by atoms with Crippen LogP contribution in [-0.4, -0.2) is 32.2 Å². The standard InChI is InChI=1S/C4H12N3/c1-6-3-4-7(2)5/h5-6H,3-4H2,1-2H3/q-1. The Labute approximate surface area is 44.5 Å². The lowest BCUT2D eigenvalue weighted by molar-refractivity contribution is 0.453. The molecule has 0 fully saturated rings. The van der Waals surface area contributed by atoms with E-state index in [1.807, 2.05) is 7.05 Å². The summed E-state index contributed by atoms with van der Waals surface area (Å²) in [5, 5.41) is 4.34. The molecule has 0 aliphatic rings. The normalized spacial score (nSPS) is 10.3. The van der Waals surface area contributed by atoms with Crippen molar-refractivity contribution in [1.82, 2.24) is 10.3 Å². The van der Waals surface area contributed by atoms with Crippen molar-refractivity contribution >= 4 is 0 Å². The molecule has 0 aliphatic heterocycles. The van der Waals surface area contributed by atoms with Gasteiger partial charge in [0.25, 0.3) is 0 Å². The Morgan fingerprint density at radius 2 is 2.29 bits per heavy atom. The summed E-state index contributed by atoms with van der Waals surface area (Å²) >= 11 is 0. The molecule has 0 unspecified atom stereocenters. The highest BCUT2D eigenvalue weighted by Gasteiger charge is 1.76. The number of nitrogens with zero attached hydrogens (tertiary/aromatic N) is 1. The van der Waals surface area contributed by atoms with Crippen LogP contribution in [0.15, 0.2) is 0 Å². The Morgan fingerprint density at radius 1 is 1.71 bits per heavy atom. The van der Waals surface area contributed by atoms with Crippen LogP contribution < -0.4 is 5.32 Å². The molecule has 0 saturated carbocycles. The summed E-state index contributed by atoms with van der Waals surface area (Å²) in [5.41, 5.74) is 0. The lowest BCUT2D eigenvalue weighted by Crippen LogP contribution is -2.21. The fourth-order valence-corrected chi connectivity index (χ4v) is 0.280. The molecule has 2 N–H and O–H groups in total. The quantitative estimate of drug-likeness (QED) is 0.513. The van der Waals surface area contributed by atoms with Crippen LogP contribution in [0.4, 0.5) is 0 Å². The predicted molar refractivity (Wildman–Crippen MR) is 30.9 cm³/mol. The van der Waals surface area contributed by atoms with Crippen molar-refractivity contribution in [1.29, 1.82) is 0 Å². The first-order valence-electron chi connectivity index (χ1n) is 2.34. The molecule has 0 amide bonds. The topological polar surface area (TPSA) is 39.1 Å². The van der Waals surface area contributed by atoms with Crippen LogP contribution in [0.5, 0.6) is 0 Å². The molecule has 44 valence electrons. The fourth-order valence-electron chi connectivity index (χ4n) is 0.280. The van der Waals surface area contributed by atoms with Crippen molar-refractivity contribution < 1.29 is 0 Å². The molecule has 0 aliphatic carbocycles. The Hall–Kier alpha value is -0.120. The molecule has 0 heterocycles. The zero-order chi connectivity index (χ0) is 5.70. The number of nitrogens with one attached hydrogen (secondary N) is 2. The monoisotopic (exact) mass is 102 g/mol. The van der Waals surface area contributed by atoms with E-state index in [0.717, 1.165) is 13.1 Å². The van der Waals surface area contributed by atoms with E-state index in [1.165, 1.54) is 5.01 Å². The molecule has 7 heavy (non-hydrogen) atoms. The third-order valence-electron chi connectivity index (χ3n) is 0.697. The van der Waals surface area contributed by atoms with Crippen molar-refractivity contribution in [2.75, 3.05) is 27.2 Å². The largest absolute Gasteiger partial charge is 0.610 e. The molecular formula is C4H12N3-. The summed E-state index contributed by atoms with van der Waals surface area (Å²) in [4.78, 5) is 0. The van der Waals surface area contributed by atoms with Crippen LogP contribution in [0.1, 0.15) is 0 Å². The highest BCUT2D eigenvalue weighted by atomic mass is 15.4. The van der Waals surface area contributed by atoms with Gasteiger partial charge in [0, 0.05) is 6.54 Å². The van der Waals surface area contributed by atoms with Gasteiger partial charge in [0.05, 0.1) is 0 Å². The highest BCUT2D eigenvalue weighted by molar-refractivity contribution is 4.48. The summed E-state index contributed by atoms with van der Waals surface area (Å²) in [7, 11) is 3.61. The Bertz CT molecular complexity index is 35.9. The first kappa shape index (κ1) is 6.88. The minimum Gasteiger partial charge on any atom is -0.610 e. The maximum Gasteiger partial charge on any atom is 0.00617 e. The lowest BCUT2D eigenvalue weighted by Gasteiger charge is -2.18. The zero-order valence-corrected chi connectivity index (χ0v) is 4.86. The smallest absolute Gasteiger partial charge is 0.00617 e. The Kier molecular flexibility index (Phi) is 3.98. The van der Waals surface area contributed by atoms with Gasteiger partial charge in [-0.3, -0.25) is 0 Å². The van der Waals surface area contributed by atoms with Crippen LogP contribution in [0.2, 0.25) is 0 Å². The fraction of sp³-hybridized carbons (Fsp3) is 1.00. The maximum atomic E-state index is 6.87. The van der Waals surface area contributed by atoms with Gasteiger partial charge in [-0.2, -0.15) is 0 Å². The van der Waals surface area contributed by atoms with Crippen LogP contribution in [-0.2, 0) is 0 Å². The van der Waals surface area contributed by atoms with E-state index in [4.69, 9.17) is 5.84 Å². The van der Waals surface area contributed by atoms with Gasteiger partial charge in [-0.1, -0.05) is 0 Å². The molecule has 0 aromatic heterocycles. The second-order valence-electron chi connectivity index (χ2n) is 1.53. The van der Waals surface area contributed by atoms with Crippen LogP contribution in [0.25, 0.3) is 5.84 Å². The Morgan fingerprint density at radius 3 is 2.43 bits per heavy atom. The third-order valence-corrected chi connectivity index (χ3v) is 0.697. The van der Waals surface area contributed by atoms with Crippen molar-refractivity contribution in [3.8, 4) is 0 Å². The number of likely N-dealkylation sites (N-methyl/N-ethyl adjacent to an activating group) is 2. The zero-order valence-electron chi connectivity index (χ0n) is 4.86. The van der Waals surface area contributed by atoms with Crippen molar-refractivity contribution in [2.45, 2.75) is 0 Å². The first-order chi connectivity index (χ1) is 3.27. The predicted octanol–water partition coefficient (Wildman–Crippen LogP) is 0.105. The molecule has 0 aromatic carbocycles. The second-order valence-corrected chi connectivity index (χ2v) is 1.53. The number of rotatable bonds is 3. The maximum absolute atomic E-state index is 6.87. The van der Waals surface area contributed by atoms with E-state index >= 15 is 0 Å². The van der Waals surface area contributed by atoms with Crippen LogP contribution in [0, 0.1) is 0 Å². The highest BCUT2D eigenvalue weighted by Crippen LogP contribution is 1.73. The molecule has 0 radical (unpaired) electrons. The molecule has 0 bridgehead atoms. The minimum atomic E-state index is 0.788. The van der Waals surface area contributed by atoms with E-state index in [-0.39, 0.29) is 0 Å². The molecule has 0 aromatic rings. The summed E-state index contributed by atoms with van der Waals surface area (Å²) in [5.74, 6) is 6.87. The van der Waals surface area contributed by atoms with Crippen LogP contribution >= 0.6 is 0 Å². The molecule has 3 nitrogen and oxygen atoms in total. The lowest BCUT2D eigenvalue weighted by atomic mass is 10.6. The van der Waals surface area contributed by atoms with E-state index < -0.39 is 0 Å². The number of hydrogen-bond donors (Lipinski definition) is 1. The molecule has 0 atom stereocenters. The van der Waals surface area contributed by atoms with Gasteiger partial charge in [-0.15, -0.1) is 0 Å². The summed E-state index contributed by atoms with van der Waals surface area (Å²) in [6.07, 6.45) is 0. The van der Waals surface area contributed by atoms with E-state index in [2.05, 4.69) is 5.32 Å². The summed E-state index contributed by atoms with van der Waals surface area (Å²) in [6, 6.07) is 0. The average molecular weight is 102 g/mol.